The molecule has 3 aromatic heterocycles. The molecule has 5 rings (SSSR count). The molecule has 0 radical (unpaired) electrons. The molecule has 0 amide bonds. The van der Waals surface area contributed by atoms with Crippen LogP contribution in [0.3, 0.4) is 0 Å². The quantitative estimate of drug-likeness (QED) is 0.281. The maximum Gasteiger partial charge on any atom is 0.249 e. The van der Waals surface area contributed by atoms with Gasteiger partial charge in [-0.2, -0.15) is 9.36 Å². The number of aryl methyl sites for hydroxylation is 1. The van der Waals surface area contributed by atoms with Gasteiger partial charge < -0.3 is 4.57 Å². The van der Waals surface area contributed by atoms with Gasteiger partial charge in [-0.15, -0.1) is 25.1 Å². The summed E-state index contributed by atoms with van der Waals surface area (Å²) in [7, 11) is 1.95. The van der Waals surface area contributed by atoms with Crippen molar-refractivity contribution in [1.29, 1.82) is 0 Å². The van der Waals surface area contributed by atoms with Crippen molar-refractivity contribution in [3.63, 3.8) is 0 Å². The second-order valence-electron chi connectivity index (χ2n) is 7.53. The van der Waals surface area contributed by atoms with Crippen LogP contribution in [0.5, 0.6) is 0 Å². The summed E-state index contributed by atoms with van der Waals surface area (Å²) in [5.74, 6) is 1.75. The van der Waals surface area contributed by atoms with E-state index in [0.717, 1.165) is 22.6 Å². The fraction of sp³-hybridized carbons (Fsp3) is 0.182. The lowest BCUT2D eigenvalue weighted by molar-refractivity contribution is 0.696. The second kappa shape index (κ2) is 8.25. The van der Waals surface area contributed by atoms with Crippen molar-refractivity contribution in [1.82, 2.24) is 28.8 Å². The third-order valence-corrected chi connectivity index (χ3v) is 5.94. The summed E-state index contributed by atoms with van der Waals surface area (Å²) in [5, 5.41) is 19.3. The lowest BCUT2D eigenvalue weighted by atomic mass is 10.1. The van der Waals surface area contributed by atoms with Gasteiger partial charge in [-0.1, -0.05) is 74.0 Å². The van der Waals surface area contributed by atoms with Crippen LogP contribution in [0, 0.1) is 0 Å². The van der Waals surface area contributed by atoms with Crippen molar-refractivity contribution in [2.75, 3.05) is 0 Å². The van der Waals surface area contributed by atoms with Crippen LogP contribution in [0.4, 0.5) is 10.8 Å². The van der Waals surface area contributed by atoms with E-state index in [4.69, 9.17) is 11.6 Å². The zero-order valence-corrected chi connectivity index (χ0v) is 19.2. The molecule has 160 valence electrons. The van der Waals surface area contributed by atoms with Crippen LogP contribution in [0.1, 0.15) is 25.6 Å². The van der Waals surface area contributed by atoms with Gasteiger partial charge >= 0.3 is 0 Å². The van der Waals surface area contributed by atoms with E-state index in [1.54, 1.807) is 4.63 Å². The summed E-state index contributed by atoms with van der Waals surface area (Å²) in [5.41, 5.74) is 3.63. The first kappa shape index (κ1) is 20.5. The van der Waals surface area contributed by atoms with Crippen LogP contribution in [0.2, 0.25) is 5.02 Å². The monoisotopic (exact) mass is 462 g/mol. The lowest BCUT2D eigenvalue weighted by Crippen LogP contribution is -2.00. The Bertz CT molecular complexity index is 1430. The first-order valence-electron chi connectivity index (χ1n) is 10.0. The molecule has 10 heteroatoms. The molecule has 0 saturated carbocycles. The Kier molecular flexibility index (Phi) is 5.28. The van der Waals surface area contributed by atoms with Crippen molar-refractivity contribution in [2.45, 2.75) is 19.8 Å². The van der Waals surface area contributed by atoms with E-state index in [9.17, 15) is 0 Å². The zero-order chi connectivity index (χ0) is 22.2. The maximum atomic E-state index is 6.47. The van der Waals surface area contributed by atoms with E-state index in [2.05, 4.69) is 43.6 Å². The van der Waals surface area contributed by atoms with Gasteiger partial charge in [0.15, 0.2) is 17.2 Å². The molecule has 0 aliphatic carbocycles. The third-order valence-electron chi connectivity index (χ3n) is 5.01. The standard InChI is InChI=1S/C22H19ClN8S/c1-13(2)20-28-31-21(30(20)3)18(17(27-31)15-11-7-8-12-16(15)23)25-26-22-24-19(29-32-22)14-9-5-4-6-10-14/h4-13H,1-3H3. The SMILES string of the molecule is CC(C)c1nn2nc(-c3ccccc3Cl)c(N=Nc3nc(-c4ccccc4)ns3)c2n1C. The van der Waals surface area contributed by atoms with Gasteiger partial charge in [0.2, 0.25) is 5.13 Å². The van der Waals surface area contributed by atoms with Crippen molar-refractivity contribution >= 4 is 39.6 Å². The average molecular weight is 463 g/mol. The average Bonchev–Trinajstić information content (AvgIpc) is 3.48. The normalized spacial score (nSPS) is 11.9. The molecule has 0 fully saturated rings. The number of aromatic nitrogens is 6. The highest BCUT2D eigenvalue weighted by Crippen LogP contribution is 2.38. The minimum absolute atomic E-state index is 0.229. The Morgan fingerprint density at radius 3 is 2.47 bits per heavy atom. The highest BCUT2D eigenvalue weighted by molar-refractivity contribution is 7.09. The molecule has 0 spiro atoms. The maximum absolute atomic E-state index is 6.47. The minimum atomic E-state index is 0.229. The largest absolute Gasteiger partial charge is 0.312 e. The number of halogens is 1. The predicted octanol–water partition coefficient (Wildman–Crippen LogP) is 6.45. The molecular weight excluding hydrogens is 444 g/mol. The van der Waals surface area contributed by atoms with Gasteiger partial charge in [-0.05, 0) is 6.07 Å². The molecule has 0 atom stereocenters. The van der Waals surface area contributed by atoms with Crippen LogP contribution in [0.25, 0.3) is 28.3 Å². The second-order valence-corrected chi connectivity index (χ2v) is 8.67. The van der Waals surface area contributed by atoms with Gasteiger partial charge in [0.1, 0.15) is 11.5 Å². The van der Waals surface area contributed by atoms with E-state index in [1.807, 2.05) is 66.2 Å². The molecule has 8 nitrogen and oxygen atoms in total. The summed E-state index contributed by atoms with van der Waals surface area (Å²) in [6, 6.07) is 17.3. The summed E-state index contributed by atoms with van der Waals surface area (Å²) < 4.78 is 7.99. The van der Waals surface area contributed by atoms with Crippen LogP contribution in [0.15, 0.2) is 64.8 Å². The fourth-order valence-corrected chi connectivity index (χ4v) is 4.25. The molecule has 0 aliphatic rings. The first-order chi connectivity index (χ1) is 15.5. The number of hydrogen-bond donors (Lipinski definition) is 0. The highest BCUT2D eigenvalue weighted by Gasteiger charge is 2.23. The highest BCUT2D eigenvalue weighted by atomic mass is 35.5. The number of benzene rings is 2. The molecule has 32 heavy (non-hydrogen) atoms. The van der Waals surface area contributed by atoms with Gasteiger partial charge in [-0.25, -0.2) is 0 Å². The van der Waals surface area contributed by atoms with Gasteiger partial charge in [-0.3, -0.25) is 0 Å². The van der Waals surface area contributed by atoms with Gasteiger partial charge in [0, 0.05) is 35.6 Å². The smallest absolute Gasteiger partial charge is 0.249 e. The zero-order valence-electron chi connectivity index (χ0n) is 17.6. The first-order valence-corrected chi connectivity index (χ1v) is 11.2. The van der Waals surface area contributed by atoms with Crippen LogP contribution in [-0.4, -0.2) is 28.8 Å². The predicted molar refractivity (Wildman–Crippen MR) is 126 cm³/mol. The van der Waals surface area contributed by atoms with Crippen molar-refractivity contribution < 1.29 is 0 Å². The Balaban J connectivity index is 1.62. The lowest BCUT2D eigenvalue weighted by Gasteiger charge is -2.05. The number of fused-ring (bicyclic) bond motifs is 1. The summed E-state index contributed by atoms with van der Waals surface area (Å²) >= 11 is 7.66. The van der Waals surface area contributed by atoms with E-state index >= 15 is 0 Å². The van der Waals surface area contributed by atoms with Crippen LogP contribution in [-0.2, 0) is 7.05 Å². The Morgan fingerprint density at radius 1 is 0.969 bits per heavy atom. The summed E-state index contributed by atoms with van der Waals surface area (Å²) in [4.78, 5) is 4.51. The molecule has 0 aliphatic heterocycles. The molecule has 3 heterocycles. The Morgan fingerprint density at radius 2 is 1.72 bits per heavy atom. The van der Waals surface area contributed by atoms with Gasteiger partial charge in [0.05, 0.1) is 5.02 Å². The number of azo groups is 1. The summed E-state index contributed by atoms with van der Waals surface area (Å²) in [6.45, 7) is 4.18. The van der Waals surface area contributed by atoms with Crippen molar-refractivity contribution in [3.8, 4) is 22.6 Å². The number of hydrogen-bond acceptors (Lipinski definition) is 7. The number of rotatable bonds is 5. The Labute approximate surface area is 193 Å². The van der Waals surface area contributed by atoms with E-state index in [1.165, 1.54) is 11.5 Å². The van der Waals surface area contributed by atoms with Crippen molar-refractivity contribution in [2.24, 2.45) is 17.3 Å². The molecule has 0 unspecified atom stereocenters. The van der Waals surface area contributed by atoms with Gasteiger partial charge in [0.25, 0.3) is 0 Å². The fourth-order valence-electron chi connectivity index (χ4n) is 3.51. The van der Waals surface area contributed by atoms with Crippen LogP contribution >= 0.6 is 23.1 Å². The molecule has 0 bridgehead atoms. The minimum Gasteiger partial charge on any atom is -0.312 e. The number of nitrogens with zero attached hydrogens (tertiary/aromatic N) is 8. The molecule has 2 aromatic carbocycles. The van der Waals surface area contributed by atoms with E-state index < -0.39 is 0 Å². The molecule has 0 N–H and O–H groups in total. The summed E-state index contributed by atoms with van der Waals surface area (Å²) in [6.07, 6.45) is 0. The third kappa shape index (κ3) is 3.59. The van der Waals surface area contributed by atoms with Crippen LogP contribution < -0.4 is 0 Å². The Hall–Kier alpha value is -3.43. The molecule has 5 aromatic rings. The van der Waals surface area contributed by atoms with Crippen molar-refractivity contribution in [3.05, 3.63) is 65.4 Å². The topological polar surface area (TPSA) is 85.6 Å². The van der Waals surface area contributed by atoms with E-state index in [0.29, 0.717) is 27.4 Å². The van der Waals surface area contributed by atoms with E-state index in [-0.39, 0.29) is 5.92 Å². The molecule has 0 saturated heterocycles. The molecular formula is C22H19ClN8S.